The highest BCUT2D eigenvalue weighted by molar-refractivity contribution is 7.99. The predicted octanol–water partition coefficient (Wildman–Crippen LogP) is 3.97. The molecule has 1 atom stereocenters. The van der Waals surface area contributed by atoms with Gasteiger partial charge in [0.2, 0.25) is 0 Å². The second kappa shape index (κ2) is 6.41. The molecule has 0 spiro atoms. The minimum Gasteiger partial charge on any atom is -0.470 e. The van der Waals surface area contributed by atoms with Crippen LogP contribution in [0.5, 0.6) is 5.75 Å². The molecular weight excluding hydrogens is 306 g/mol. The van der Waals surface area contributed by atoms with E-state index in [1.54, 1.807) is 17.8 Å². The number of thioether (sulfide) groups is 1. The third-order valence-corrected chi connectivity index (χ3v) is 4.45. The zero-order valence-electron chi connectivity index (χ0n) is 11.2. The molecule has 0 saturated carbocycles. The number of amides is 1. The van der Waals surface area contributed by atoms with Crippen LogP contribution in [0.25, 0.3) is 0 Å². The first-order valence-electron chi connectivity index (χ1n) is 6.67. The number of benzene rings is 2. The van der Waals surface area contributed by atoms with E-state index >= 15 is 0 Å². The van der Waals surface area contributed by atoms with Crippen molar-refractivity contribution in [2.75, 3.05) is 5.75 Å². The van der Waals surface area contributed by atoms with E-state index in [0.29, 0.717) is 11.3 Å². The van der Waals surface area contributed by atoms with Crippen LogP contribution >= 0.6 is 23.4 Å². The van der Waals surface area contributed by atoms with Crippen molar-refractivity contribution in [3.05, 3.63) is 59.1 Å². The van der Waals surface area contributed by atoms with Crippen LogP contribution in [-0.4, -0.2) is 17.9 Å². The molecule has 0 aliphatic carbocycles. The average molecular weight is 320 g/mol. The molecule has 0 unspecified atom stereocenters. The number of carbonyl (C=O) groups is 1. The van der Waals surface area contributed by atoms with Crippen molar-refractivity contribution in [1.29, 1.82) is 0 Å². The van der Waals surface area contributed by atoms with Gasteiger partial charge in [0.1, 0.15) is 5.75 Å². The first-order chi connectivity index (χ1) is 10.2. The maximum absolute atomic E-state index is 12.0. The van der Waals surface area contributed by atoms with Crippen LogP contribution in [0.15, 0.2) is 53.4 Å². The summed E-state index contributed by atoms with van der Waals surface area (Å²) < 4.78 is 5.79. The van der Waals surface area contributed by atoms with Crippen molar-refractivity contribution in [1.82, 2.24) is 5.32 Å². The summed E-state index contributed by atoms with van der Waals surface area (Å²) in [6, 6.07) is 15.0. The number of rotatable bonds is 4. The molecule has 1 aliphatic rings. The molecule has 1 N–H and O–H groups in total. The molecule has 5 heteroatoms. The van der Waals surface area contributed by atoms with Crippen molar-refractivity contribution in [3.63, 3.8) is 0 Å². The Balaban J connectivity index is 1.55. The lowest BCUT2D eigenvalue weighted by Crippen LogP contribution is -2.43. The van der Waals surface area contributed by atoms with Gasteiger partial charge < -0.3 is 10.1 Å². The van der Waals surface area contributed by atoms with E-state index in [1.165, 1.54) is 0 Å². The highest BCUT2D eigenvalue weighted by atomic mass is 35.5. The number of hydrogen-bond acceptors (Lipinski definition) is 3. The monoisotopic (exact) mass is 319 g/mol. The zero-order valence-corrected chi connectivity index (χ0v) is 12.8. The van der Waals surface area contributed by atoms with Crippen LogP contribution in [0.1, 0.15) is 16.8 Å². The fourth-order valence-electron chi connectivity index (χ4n) is 2.11. The van der Waals surface area contributed by atoms with E-state index in [-0.39, 0.29) is 12.1 Å². The minimum absolute atomic E-state index is 0.0710. The van der Waals surface area contributed by atoms with Crippen LogP contribution in [0.4, 0.5) is 0 Å². The van der Waals surface area contributed by atoms with Crippen molar-refractivity contribution < 1.29 is 9.53 Å². The highest BCUT2D eigenvalue weighted by Gasteiger charge is 2.24. The normalized spacial score (nSPS) is 16.8. The van der Waals surface area contributed by atoms with Gasteiger partial charge in [0.05, 0.1) is 5.56 Å². The average Bonchev–Trinajstić information content (AvgIpc) is 2.49. The summed E-state index contributed by atoms with van der Waals surface area (Å²) in [4.78, 5) is 13.1. The molecule has 2 aromatic rings. The molecule has 108 valence electrons. The van der Waals surface area contributed by atoms with Crippen LogP contribution in [0.3, 0.4) is 0 Å². The second-order valence-electron chi connectivity index (χ2n) is 4.67. The Bertz CT molecular complexity index is 645. The maximum Gasteiger partial charge on any atom is 0.257 e. The zero-order chi connectivity index (χ0) is 14.7. The standard InChI is InChI=1S/C16H14ClNO2S/c17-11-5-7-12(8-6-11)21-10-9-15-18-16(19)13-3-1-2-4-14(13)20-15/h1-8,15H,9-10H2,(H,18,19)/t15-/m1/s1. The van der Waals surface area contributed by atoms with E-state index in [9.17, 15) is 4.79 Å². The third-order valence-electron chi connectivity index (χ3n) is 3.16. The summed E-state index contributed by atoms with van der Waals surface area (Å²) in [5.41, 5.74) is 0.596. The number of fused-ring (bicyclic) bond motifs is 1. The van der Waals surface area contributed by atoms with Crippen LogP contribution in [-0.2, 0) is 0 Å². The van der Waals surface area contributed by atoms with Gasteiger partial charge in [-0.15, -0.1) is 11.8 Å². The molecule has 3 nitrogen and oxygen atoms in total. The summed E-state index contributed by atoms with van der Waals surface area (Å²) >= 11 is 7.57. The highest BCUT2D eigenvalue weighted by Crippen LogP contribution is 2.26. The second-order valence-corrected chi connectivity index (χ2v) is 6.27. The van der Waals surface area contributed by atoms with Crippen LogP contribution < -0.4 is 10.1 Å². The van der Waals surface area contributed by atoms with E-state index < -0.39 is 0 Å². The minimum atomic E-state index is -0.271. The molecular formula is C16H14ClNO2S. The first kappa shape index (κ1) is 14.3. The molecule has 2 aromatic carbocycles. The molecule has 0 fully saturated rings. The molecule has 1 amide bonds. The predicted molar refractivity (Wildman–Crippen MR) is 85.1 cm³/mol. The van der Waals surface area contributed by atoms with Crippen molar-refractivity contribution in [2.24, 2.45) is 0 Å². The summed E-state index contributed by atoms with van der Waals surface area (Å²) in [5, 5.41) is 3.61. The Hall–Kier alpha value is -1.65. The smallest absolute Gasteiger partial charge is 0.257 e. The maximum atomic E-state index is 12.0. The fraction of sp³-hybridized carbons (Fsp3) is 0.188. The SMILES string of the molecule is O=C1N[C@@H](CCSc2ccc(Cl)cc2)Oc2ccccc21. The number of para-hydroxylation sites is 1. The quantitative estimate of drug-likeness (QED) is 0.867. The molecule has 0 bridgehead atoms. The van der Waals surface area contributed by atoms with Gasteiger partial charge in [0, 0.05) is 22.1 Å². The Morgan fingerprint density at radius 3 is 2.71 bits per heavy atom. The van der Waals surface area contributed by atoms with Gasteiger partial charge in [-0.25, -0.2) is 0 Å². The van der Waals surface area contributed by atoms with E-state index in [0.717, 1.165) is 22.1 Å². The number of carbonyl (C=O) groups excluding carboxylic acids is 1. The Morgan fingerprint density at radius 2 is 1.90 bits per heavy atom. The Kier molecular flexibility index (Phi) is 4.36. The van der Waals surface area contributed by atoms with Crippen molar-refractivity contribution in [2.45, 2.75) is 17.5 Å². The fourth-order valence-corrected chi connectivity index (χ4v) is 3.13. The Labute approximate surface area is 132 Å². The van der Waals surface area contributed by atoms with Crippen LogP contribution in [0, 0.1) is 0 Å². The van der Waals surface area contributed by atoms with Crippen molar-refractivity contribution >= 4 is 29.3 Å². The van der Waals surface area contributed by atoms with Gasteiger partial charge in [0.25, 0.3) is 5.91 Å². The number of nitrogens with one attached hydrogen (secondary N) is 1. The largest absolute Gasteiger partial charge is 0.470 e. The van der Waals surface area contributed by atoms with Gasteiger partial charge >= 0.3 is 0 Å². The first-order valence-corrected chi connectivity index (χ1v) is 8.03. The van der Waals surface area contributed by atoms with Gasteiger partial charge in [-0.05, 0) is 36.4 Å². The van der Waals surface area contributed by atoms with Crippen molar-refractivity contribution in [3.8, 4) is 5.75 Å². The van der Waals surface area contributed by atoms with E-state index in [4.69, 9.17) is 16.3 Å². The molecule has 0 aromatic heterocycles. The van der Waals surface area contributed by atoms with Gasteiger partial charge in [-0.1, -0.05) is 23.7 Å². The molecule has 0 radical (unpaired) electrons. The van der Waals surface area contributed by atoms with Gasteiger partial charge in [-0.2, -0.15) is 0 Å². The van der Waals surface area contributed by atoms with Crippen LogP contribution in [0.2, 0.25) is 5.02 Å². The van der Waals surface area contributed by atoms with E-state index in [2.05, 4.69) is 5.32 Å². The molecule has 1 aliphatic heterocycles. The van der Waals surface area contributed by atoms with Gasteiger partial charge in [0.15, 0.2) is 6.23 Å². The third kappa shape index (κ3) is 3.52. The lowest BCUT2D eigenvalue weighted by Gasteiger charge is -2.26. The lowest BCUT2D eigenvalue weighted by molar-refractivity contribution is 0.0752. The van der Waals surface area contributed by atoms with E-state index in [1.807, 2.05) is 42.5 Å². The molecule has 1 heterocycles. The topological polar surface area (TPSA) is 38.3 Å². The number of ether oxygens (including phenoxy) is 1. The number of halogens is 1. The Morgan fingerprint density at radius 1 is 1.14 bits per heavy atom. The van der Waals surface area contributed by atoms with Gasteiger partial charge in [-0.3, -0.25) is 4.79 Å². The molecule has 3 rings (SSSR count). The summed E-state index contributed by atoms with van der Waals surface area (Å²) in [5.74, 6) is 1.44. The summed E-state index contributed by atoms with van der Waals surface area (Å²) in [6.45, 7) is 0. The number of hydrogen-bond donors (Lipinski definition) is 1. The summed E-state index contributed by atoms with van der Waals surface area (Å²) in [6.07, 6.45) is 0.472. The summed E-state index contributed by atoms with van der Waals surface area (Å²) in [7, 11) is 0. The molecule has 21 heavy (non-hydrogen) atoms. The molecule has 0 saturated heterocycles. The lowest BCUT2D eigenvalue weighted by atomic mass is 10.1.